The fraction of sp³-hybridized carbons (Fsp3) is 0.588. The first kappa shape index (κ1) is 15.7. The number of hydrogen-bond donors (Lipinski definition) is 1. The van der Waals surface area contributed by atoms with Crippen molar-refractivity contribution in [3.63, 3.8) is 0 Å². The monoisotopic (exact) mass is 319 g/mol. The highest BCUT2D eigenvalue weighted by molar-refractivity contribution is 7.98. The summed E-state index contributed by atoms with van der Waals surface area (Å²) in [5.74, 6) is 1.01. The average molecular weight is 319 g/mol. The van der Waals surface area contributed by atoms with Crippen molar-refractivity contribution < 1.29 is 4.74 Å². The van der Waals surface area contributed by atoms with E-state index in [1.165, 1.54) is 23.3 Å². The molecule has 1 N–H and O–H groups in total. The lowest BCUT2D eigenvalue weighted by molar-refractivity contribution is 0.156. The summed E-state index contributed by atoms with van der Waals surface area (Å²) >= 11 is 1.77. The number of thioether (sulfide) groups is 1. The van der Waals surface area contributed by atoms with Crippen LogP contribution in [0.5, 0.6) is 0 Å². The first-order chi connectivity index (χ1) is 10.7. The van der Waals surface area contributed by atoms with Gasteiger partial charge in [-0.15, -0.1) is 11.8 Å². The Bertz CT molecular complexity index is 523. The molecule has 22 heavy (non-hydrogen) atoms. The molecule has 3 rings (SSSR count). The smallest absolute Gasteiger partial charge is 0.193 e. The zero-order chi connectivity index (χ0) is 15.4. The molecule has 0 amide bonds. The summed E-state index contributed by atoms with van der Waals surface area (Å²) in [6.45, 7) is 4.80. The van der Waals surface area contributed by atoms with Gasteiger partial charge in [0.15, 0.2) is 5.96 Å². The van der Waals surface area contributed by atoms with E-state index in [1.54, 1.807) is 11.8 Å². The van der Waals surface area contributed by atoms with E-state index >= 15 is 0 Å². The predicted molar refractivity (Wildman–Crippen MR) is 92.5 cm³/mol. The molecule has 0 aliphatic carbocycles. The molecule has 1 aromatic carbocycles. The summed E-state index contributed by atoms with van der Waals surface area (Å²) in [4.78, 5) is 8.14. The minimum atomic E-state index is 0.373. The number of nitrogens with zero attached hydrogens (tertiary/aromatic N) is 2. The molecule has 2 fully saturated rings. The van der Waals surface area contributed by atoms with E-state index in [2.05, 4.69) is 45.7 Å². The van der Waals surface area contributed by atoms with Gasteiger partial charge in [-0.3, -0.25) is 4.99 Å². The summed E-state index contributed by atoms with van der Waals surface area (Å²) < 4.78 is 5.61. The molecule has 0 bridgehead atoms. The van der Waals surface area contributed by atoms with Crippen LogP contribution in [0.25, 0.3) is 0 Å². The summed E-state index contributed by atoms with van der Waals surface area (Å²) in [7, 11) is 1.87. The van der Waals surface area contributed by atoms with E-state index in [4.69, 9.17) is 4.74 Å². The Morgan fingerprint density at radius 1 is 1.36 bits per heavy atom. The molecule has 0 aromatic heterocycles. The van der Waals surface area contributed by atoms with Crippen LogP contribution in [0, 0.1) is 5.41 Å². The van der Waals surface area contributed by atoms with Gasteiger partial charge >= 0.3 is 0 Å². The zero-order valence-electron chi connectivity index (χ0n) is 13.5. The fourth-order valence-electron chi connectivity index (χ4n) is 3.34. The third-order valence-corrected chi connectivity index (χ3v) is 5.49. The SMILES string of the molecule is CN=C(NCc1ccc(SC)cc1)N1CCC2(CCOC2)C1. The van der Waals surface area contributed by atoms with Crippen molar-refractivity contribution >= 4 is 17.7 Å². The van der Waals surface area contributed by atoms with Crippen LogP contribution >= 0.6 is 11.8 Å². The topological polar surface area (TPSA) is 36.9 Å². The molecule has 120 valence electrons. The van der Waals surface area contributed by atoms with E-state index in [9.17, 15) is 0 Å². The second-order valence-corrected chi connectivity index (χ2v) is 7.10. The Morgan fingerprint density at radius 3 is 2.82 bits per heavy atom. The fourth-order valence-corrected chi connectivity index (χ4v) is 3.75. The van der Waals surface area contributed by atoms with Crippen LogP contribution in [0.3, 0.4) is 0 Å². The first-order valence-electron chi connectivity index (χ1n) is 7.91. The minimum absolute atomic E-state index is 0.373. The van der Waals surface area contributed by atoms with Crippen molar-refractivity contribution in [3.8, 4) is 0 Å². The highest BCUT2D eigenvalue weighted by Gasteiger charge is 2.42. The molecule has 1 atom stereocenters. The van der Waals surface area contributed by atoms with Gasteiger partial charge in [-0.05, 0) is 36.8 Å². The van der Waals surface area contributed by atoms with Gasteiger partial charge in [0.1, 0.15) is 0 Å². The molecule has 2 aliphatic rings. The van der Waals surface area contributed by atoms with Gasteiger partial charge < -0.3 is 15.0 Å². The lowest BCUT2D eigenvalue weighted by atomic mass is 9.87. The number of guanidine groups is 1. The van der Waals surface area contributed by atoms with E-state index < -0.39 is 0 Å². The summed E-state index contributed by atoms with van der Waals surface area (Å²) in [6, 6.07) is 8.71. The third kappa shape index (κ3) is 3.41. The molecule has 0 saturated carbocycles. The Kier molecular flexibility index (Phi) is 4.93. The van der Waals surface area contributed by atoms with E-state index in [0.717, 1.165) is 38.8 Å². The number of aliphatic imine (C=N–C) groups is 1. The second-order valence-electron chi connectivity index (χ2n) is 6.22. The van der Waals surface area contributed by atoms with Crippen LogP contribution in [0.2, 0.25) is 0 Å². The first-order valence-corrected chi connectivity index (χ1v) is 9.13. The van der Waals surface area contributed by atoms with Crippen LogP contribution in [0.4, 0.5) is 0 Å². The van der Waals surface area contributed by atoms with Crippen molar-refractivity contribution in [1.29, 1.82) is 0 Å². The average Bonchev–Trinajstić information content (AvgIpc) is 3.19. The minimum Gasteiger partial charge on any atom is -0.381 e. The molecule has 2 saturated heterocycles. The quantitative estimate of drug-likeness (QED) is 0.528. The van der Waals surface area contributed by atoms with Gasteiger partial charge in [0.2, 0.25) is 0 Å². The number of benzene rings is 1. The van der Waals surface area contributed by atoms with E-state index in [0.29, 0.717) is 5.41 Å². The zero-order valence-corrected chi connectivity index (χ0v) is 14.3. The van der Waals surface area contributed by atoms with Gasteiger partial charge in [0.25, 0.3) is 0 Å². The van der Waals surface area contributed by atoms with Gasteiger partial charge in [-0.1, -0.05) is 12.1 Å². The molecule has 0 radical (unpaired) electrons. The van der Waals surface area contributed by atoms with Gasteiger partial charge in [0, 0.05) is 43.6 Å². The largest absolute Gasteiger partial charge is 0.381 e. The van der Waals surface area contributed by atoms with Crippen molar-refractivity contribution in [2.45, 2.75) is 24.3 Å². The number of ether oxygens (including phenoxy) is 1. The summed E-state index contributed by atoms with van der Waals surface area (Å²) in [5.41, 5.74) is 1.66. The molecule has 1 unspecified atom stereocenters. The van der Waals surface area contributed by atoms with Crippen LogP contribution < -0.4 is 5.32 Å². The Balaban J connectivity index is 1.56. The normalized spacial score (nSPS) is 25.2. The van der Waals surface area contributed by atoms with Crippen molar-refractivity contribution in [2.75, 3.05) is 39.6 Å². The Hall–Kier alpha value is -1.20. The highest BCUT2D eigenvalue weighted by atomic mass is 32.2. The van der Waals surface area contributed by atoms with Crippen LogP contribution in [-0.2, 0) is 11.3 Å². The number of rotatable bonds is 3. The maximum atomic E-state index is 5.61. The van der Waals surface area contributed by atoms with Crippen molar-refractivity contribution in [3.05, 3.63) is 29.8 Å². The molecule has 1 aromatic rings. The number of nitrogens with one attached hydrogen (secondary N) is 1. The Labute approximate surface area is 137 Å². The Morgan fingerprint density at radius 2 is 2.18 bits per heavy atom. The maximum absolute atomic E-state index is 5.61. The lowest BCUT2D eigenvalue weighted by Crippen LogP contribution is -2.41. The molecule has 2 heterocycles. The molecule has 4 nitrogen and oxygen atoms in total. The molecule has 5 heteroatoms. The lowest BCUT2D eigenvalue weighted by Gasteiger charge is -2.25. The van der Waals surface area contributed by atoms with E-state index in [1.807, 2.05) is 7.05 Å². The predicted octanol–water partition coefficient (Wildman–Crippen LogP) is 2.60. The van der Waals surface area contributed by atoms with E-state index in [-0.39, 0.29) is 0 Å². The van der Waals surface area contributed by atoms with Crippen molar-refractivity contribution in [2.24, 2.45) is 10.4 Å². The molecule has 2 aliphatic heterocycles. The van der Waals surface area contributed by atoms with Crippen LogP contribution in [0.15, 0.2) is 34.2 Å². The molecular formula is C17H25N3OS. The van der Waals surface area contributed by atoms with Gasteiger partial charge in [-0.2, -0.15) is 0 Å². The number of hydrogen-bond acceptors (Lipinski definition) is 3. The van der Waals surface area contributed by atoms with Gasteiger partial charge in [-0.25, -0.2) is 0 Å². The van der Waals surface area contributed by atoms with Gasteiger partial charge in [0.05, 0.1) is 6.61 Å². The second kappa shape index (κ2) is 6.92. The standard InChI is InChI=1S/C17H25N3OS/c1-18-16(19-11-14-3-5-15(22-2)6-4-14)20-9-7-17(12-20)8-10-21-13-17/h3-6H,7-13H2,1-2H3,(H,18,19). The van der Waals surface area contributed by atoms with Crippen LogP contribution in [0.1, 0.15) is 18.4 Å². The summed E-state index contributed by atoms with van der Waals surface area (Å²) in [6.07, 6.45) is 4.51. The molecular weight excluding hydrogens is 294 g/mol. The third-order valence-electron chi connectivity index (χ3n) is 4.74. The number of likely N-dealkylation sites (tertiary alicyclic amines) is 1. The molecule has 1 spiro atoms. The highest BCUT2D eigenvalue weighted by Crippen LogP contribution is 2.38. The summed E-state index contributed by atoms with van der Waals surface area (Å²) in [5, 5.41) is 3.50. The van der Waals surface area contributed by atoms with Crippen LogP contribution in [-0.4, -0.2) is 50.5 Å². The maximum Gasteiger partial charge on any atom is 0.193 e. The van der Waals surface area contributed by atoms with Crippen molar-refractivity contribution in [1.82, 2.24) is 10.2 Å².